The van der Waals surface area contributed by atoms with Gasteiger partial charge >= 0.3 is 0 Å². The second-order valence-electron chi connectivity index (χ2n) is 3.35. The first-order chi connectivity index (χ1) is 6.97. The van der Waals surface area contributed by atoms with Crippen LogP contribution in [0.2, 0.25) is 0 Å². The maximum atomic E-state index is 13.3. The highest BCUT2D eigenvalue weighted by Crippen LogP contribution is 2.28. The van der Waals surface area contributed by atoms with Gasteiger partial charge in [0.2, 0.25) is 0 Å². The third-order valence-corrected chi connectivity index (χ3v) is 1.95. The van der Waals surface area contributed by atoms with E-state index >= 15 is 0 Å². The van der Waals surface area contributed by atoms with Gasteiger partial charge < -0.3 is 10.5 Å². The lowest BCUT2D eigenvalue weighted by Gasteiger charge is -2.12. The molecule has 0 aliphatic heterocycles. The van der Waals surface area contributed by atoms with E-state index in [1.807, 2.05) is 0 Å². The van der Waals surface area contributed by atoms with Gasteiger partial charge in [-0.1, -0.05) is 0 Å². The Hall–Kier alpha value is -1.23. The number of halogens is 3. The molecule has 1 aromatic rings. The first-order valence-electron chi connectivity index (χ1n) is 4.43. The molecule has 0 heterocycles. The van der Waals surface area contributed by atoms with Crippen molar-refractivity contribution in [2.45, 2.75) is 19.4 Å². The maximum absolute atomic E-state index is 13.3. The molecule has 0 saturated carbocycles. The van der Waals surface area contributed by atoms with Crippen molar-refractivity contribution in [3.05, 3.63) is 29.1 Å². The number of ether oxygens (including phenoxy) is 1. The van der Waals surface area contributed by atoms with Gasteiger partial charge in [0.05, 0.1) is 7.11 Å². The molecule has 1 aromatic carbocycles. The summed E-state index contributed by atoms with van der Waals surface area (Å²) in [5.41, 5.74) is 5.29. The van der Waals surface area contributed by atoms with E-state index in [4.69, 9.17) is 5.73 Å². The van der Waals surface area contributed by atoms with Gasteiger partial charge in [0.25, 0.3) is 0 Å². The lowest BCUT2D eigenvalue weighted by atomic mass is 10.1. The van der Waals surface area contributed by atoms with Gasteiger partial charge in [0.1, 0.15) is 0 Å². The Morgan fingerprint density at radius 1 is 1.33 bits per heavy atom. The molecule has 0 saturated heterocycles. The highest BCUT2D eigenvalue weighted by atomic mass is 19.2. The highest BCUT2D eigenvalue weighted by Gasteiger charge is 2.20. The average molecular weight is 219 g/mol. The van der Waals surface area contributed by atoms with Gasteiger partial charge in [-0.25, -0.2) is 13.2 Å². The number of methoxy groups -OCH3 is 1. The molecule has 0 fully saturated rings. The Bertz CT molecular complexity index is 366. The molecule has 0 bridgehead atoms. The fourth-order valence-corrected chi connectivity index (χ4v) is 1.35. The van der Waals surface area contributed by atoms with E-state index < -0.39 is 23.5 Å². The van der Waals surface area contributed by atoms with Crippen molar-refractivity contribution < 1.29 is 17.9 Å². The zero-order valence-electron chi connectivity index (χ0n) is 8.48. The summed E-state index contributed by atoms with van der Waals surface area (Å²) in [6.45, 7) is 1.61. The predicted octanol–water partition coefficient (Wildman–Crippen LogP) is 2.00. The SMILES string of the molecule is COc1c(F)cc(F)c(F)c1CC(C)N. The molecule has 15 heavy (non-hydrogen) atoms. The molecule has 1 rings (SSSR count). The van der Waals surface area contributed by atoms with Gasteiger partial charge in [-0.15, -0.1) is 0 Å². The minimum atomic E-state index is -1.23. The fraction of sp³-hybridized carbons (Fsp3) is 0.400. The van der Waals surface area contributed by atoms with E-state index in [0.29, 0.717) is 6.07 Å². The number of nitrogens with two attached hydrogens (primary N) is 1. The molecule has 0 spiro atoms. The quantitative estimate of drug-likeness (QED) is 0.789. The second-order valence-corrected chi connectivity index (χ2v) is 3.35. The number of rotatable bonds is 3. The van der Waals surface area contributed by atoms with Crippen molar-refractivity contribution in [1.82, 2.24) is 0 Å². The molecule has 0 aliphatic carbocycles. The topological polar surface area (TPSA) is 35.2 Å². The Morgan fingerprint density at radius 2 is 1.93 bits per heavy atom. The third-order valence-electron chi connectivity index (χ3n) is 1.95. The van der Waals surface area contributed by atoms with Crippen LogP contribution >= 0.6 is 0 Å². The van der Waals surface area contributed by atoms with Crippen LogP contribution in [0.3, 0.4) is 0 Å². The van der Waals surface area contributed by atoms with Gasteiger partial charge in [0.15, 0.2) is 23.2 Å². The predicted molar refractivity (Wildman–Crippen MR) is 50.2 cm³/mol. The van der Waals surface area contributed by atoms with Gasteiger partial charge in [-0.3, -0.25) is 0 Å². The summed E-state index contributed by atoms with van der Waals surface area (Å²) in [4.78, 5) is 0. The van der Waals surface area contributed by atoms with Gasteiger partial charge in [0, 0.05) is 17.7 Å². The summed E-state index contributed by atoms with van der Waals surface area (Å²) < 4.78 is 44.1. The Morgan fingerprint density at radius 3 is 2.40 bits per heavy atom. The molecular weight excluding hydrogens is 207 g/mol. The van der Waals surface area contributed by atoms with Crippen LogP contribution in [0, 0.1) is 17.5 Å². The standard InChI is InChI=1S/C10H12F3NO/c1-5(14)3-6-9(13)7(11)4-8(12)10(6)15-2/h4-5H,3,14H2,1-2H3. The number of hydrogen-bond acceptors (Lipinski definition) is 2. The average Bonchev–Trinajstić information content (AvgIpc) is 2.13. The third kappa shape index (κ3) is 2.41. The minimum absolute atomic E-state index is 0.0175. The normalized spacial score (nSPS) is 12.7. The monoisotopic (exact) mass is 219 g/mol. The van der Waals surface area contributed by atoms with Crippen LogP contribution in [0.25, 0.3) is 0 Å². The van der Waals surface area contributed by atoms with E-state index in [1.54, 1.807) is 6.92 Å². The van der Waals surface area contributed by atoms with Crippen LogP contribution < -0.4 is 10.5 Å². The van der Waals surface area contributed by atoms with Crippen LogP contribution in [0.4, 0.5) is 13.2 Å². The molecule has 0 aromatic heterocycles. The van der Waals surface area contributed by atoms with Crippen LogP contribution in [-0.4, -0.2) is 13.2 Å². The molecule has 1 unspecified atom stereocenters. The van der Waals surface area contributed by atoms with Crippen molar-refractivity contribution >= 4 is 0 Å². The van der Waals surface area contributed by atoms with Crippen molar-refractivity contribution in [2.24, 2.45) is 5.73 Å². The van der Waals surface area contributed by atoms with Gasteiger partial charge in [-0.05, 0) is 13.3 Å². The first-order valence-corrected chi connectivity index (χ1v) is 4.43. The van der Waals surface area contributed by atoms with Gasteiger partial charge in [-0.2, -0.15) is 0 Å². The lowest BCUT2D eigenvalue weighted by Crippen LogP contribution is -2.20. The molecule has 2 nitrogen and oxygen atoms in total. The van der Waals surface area contributed by atoms with Crippen molar-refractivity contribution in [3.63, 3.8) is 0 Å². The van der Waals surface area contributed by atoms with Crippen LogP contribution in [-0.2, 0) is 6.42 Å². The summed E-state index contributed by atoms with van der Waals surface area (Å²) in [5.74, 6) is -3.55. The molecule has 2 N–H and O–H groups in total. The van der Waals surface area contributed by atoms with E-state index in [-0.39, 0.29) is 17.7 Å². The molecule has 5 heteroatoms. The zero-order chi connectivity index (χ0) is 11.6. The van der Waals surface area contributed by atoms with Crippen molar-refractivity contribution in [3.8, 4) is 5.75 Å². The number of benzene rings is 1. The molecule has 0 radical (unpaired) electrons. The number of hydrogen-bond donors (Lipinski definition) is 1. The van der Waals surface area contributed by atoms with Crippen LogP contribution in [0.5, 0.6) is 5.75 Å². The highest BCUT2D eigenvalue weighted by molar-refractivity contribution is 5.37. The molecule has 0 aliphatic rings. The van der Waals surface area contributed by atoms with E-state index in [1.165, 1.54) is 7.11 Å². The summed E-state index contributed by atoms with van der Waals surface area (Å²) in [5, 5.41) is 0. The van der Waals surface area contributed by atoms with E-state index in [9.17, 15) is 13.2 Å². The van der Waals surface area contributed by atoms with Crippen molar-refractivity contribution in [1.29, 1.82) is 0 Å². The second kappa shape index (κ2) is 4.53. The summed E-state index contributed by atoms with van der Waals surface area (Å²) in [7, 11) is 1.19. The smallest absolute Gasteiger partial charge is 0.168 e. The maximum Gasteiger partial charge on any atom is 0.168 e. The molecule has 84 valence electrons. The Labute approximate surface area is 85.8 Å². The van der Waals surface area contributed by atoms with Crippen LogP contribution in [0.15, 0.2) is 6.07 Å². The molecular formula is C10H12F3NO. The zero-order valence-corrected chi connectivity index (χ0v) is 8.48. The minimum Gasteiger partial charge on any atom is -0.493 e. The van der Waals surface area contributed by atoms with E-state index in [0.717, 1.165) is 0 Å². The largest absolute Gasteiger partial charge is 0.493 e. The first kappa shape index (κ1) is 11.8. The summed E-state index contributed by atoms with van der Waals surface area (Å²) in [6.07, 6.45) is 0.0175. The lowest BCUT2D eigenvalue weighted by molar-refractivity contribution is 0.366. The summed E-state index contributed by atoms with van der Waals surface area (Å²) in [6, 6.07) is 0.0494. The molecule has 1 atom stereocenters. The Kier molecular flexibility index (Phi) is 3.57. The van der Waals surface area contributed by atoms with Crippen molar-refractivity contribution in [2.75, 3.05) is 7.11 Å². The Balaban J connectivity index is 3.30. The van der Waals surface area contributed by atoms with Crippen LogP contribution in [0.1, 0.15) is 12.5 Å². The summed E-state index contributed by atoms with van der Waals surface area (Å²) >= 11 is 0. The fourth-order valence-electron chi connectivity index (χ4n) is 1.35. The molecule has 0 amide bonds. The van der Waals surface area contributed by atoms with E-state index in [2.05, 4.69) is 4.74 Å².